The minimum Gasteiger partial charge on any atom is -0.491 e. The van der Waals surface area contributed by atoms with Crippen molar-refractivity contribution in [2.75, 3.05) is 32.8 Å². The lowest BCUT2D eigenvalue weighted by molar-refractivity contribution is -0.176. The number of carbonyl (C=O) groups is 1. The summed E-state index contributed by atoms with van der Waals surface area (Å²) in [6.45, 7) is -0.323. The van der Waals surface area contributed by atoms with Crippen LogP contribution < -0.4 is 14.8 Å². The molecule has 13 heteroatoms. The Kier molecular flexibility index (Phi) is 7.01. The molecule has 2 aromatic rings. The smallest absolute Gasteiger partial charge is 0.411 e. The quantitative estimate of drug-likeness (QED) is 0.555. The minimum absolute atomic E-state index is 0.148. The zero-order chi connectivity index (χ0) is 26.2. The van der Waals surface area contributed by atoms with Gasteiger partial charge in [-0.15, -0.1) is 0 Å². The molecule has 1 aromatic heterocycles. The topological polar surface area (TPSA) is 77.8 Å². The van der Waals surface area contributed by atoms with Crippen molar-refractivity contribution in [2.45, 2.75) is 56.7 Å². The summed E-state index contributed by atoms with van der Waals surface area (Å²) in [5.41, 5.74) is 1.50. The van der Waals surface area contributed by atoms with E-state index >= 15 is 0 Å². The summed E-state index contributed by atoms with van der Waals surface area (Å²) in [7, 11) is 0. The second kappa shape index (κ2) is 10.1. The molecule has 0 aliphatic carbocycles. The van der Waals surface area contributed by atoms with Crippen molar-refractivity contribution >= 4 is 5.91 Å². The molecule has 1 fully saturated rings. The molecule has 3 aliphatic rings. The summed E-state index contributed by atoms with van der Waals surface area (Å²) in [6, 6.07) is 6.21. The van der Waals surface area contributed by atoms with E-state index in [1.165, 1.54) is 6.07 Å². The van der Waals surface area contributed by atoms with Gasteiger partial charge in [0.25, 0.3) is 11.8 Å². The Bertz CT molecular complexity index is 1140. The van der Waals surface area contributed by atoms with Crippen molar-refractivity contribution in [3.63, 3.8) is 0 Å². The summed E-state index contributed by atoms with van der Waals surface area (Å²) >= 11 is 0. The summed E-state index contributed by atoms with van der Waals surface area (Å²) < 4.78 is 81.8. The molecule has 0 saturated carbocycles. The number of hydrogen-bond acceptors (Lipinski definition) is 6. The van der Waals surface area contributed by atoms with E-state index in [2.05, 4.69) is 10.4 Å². The standard InChI is InChI=1S/C24H27F5N4O4/c25-23(26)4-6-32(13-23)10-18-3-5-33-21(37-18)9-19(31-33)22(34)30-17-8-16-7-15(1-2-20(16)36-12-17)11-35-14-24(27,28)29/h1-2,7,9,17-18H,3-6,8,10-14H2,(H,30,34)/t17-,18-/m1/s1. The fraction of sp³-hybridized carbons (Fsp3) is 0.583. The van der Waals surface area contributed by atoms with E-state index in [0.29, 0.717) is 49.7 Å². The second-order valence-electron chi connectivity index (χ2n) is 9.70. The van der Waals surface area contributed by atoms with Crippen LogP contribution in [0.3, 0.4) is 0 Å². The number of halogens is 5. The molecular formula is C24H27F5N4O4. The highest BCUT2D eigenvalue weighted by Crippen LogP contribution is 2.30. The van der Waals surface area contributed by atoms with E-state index in [-0.39, 0.29) is 44.0 Å². The number of nitrogens with zero attached hydrogens (tertiary/aromatic N) is 3. The van der Waals surface area contributed by atoms with Gasteiger partial charge in [0.05, 0.1) is 19.2 Å². The number of benzene rings is 1. The molecular weight excluding hydrogens is 503 g/mol. The highest BCUT2D eigenvalue weighted by molar-refractivity contribution is 5.92. The highest BCUT2D eigenvalue weighted by atomic mass is 19.4. The van der Waals surface area contributed by atoms with Gasteiger partial charge < -0.3 is 19.5 Å². The lowest BCUT2D eigenvalue weighted by atomic mass is 10.0. The lowest BCUT2D eigenvalue weighted by Crippen LogP contribution is -2.43. The van der Waals surface area contributed by atoms with Crippen molar-refractivity contribution in [2.24, 2.45) is 0 Å². The Morgan fingerprint density at radius 2 is 2.08 bits per heavy atom. The molecule has 3 aliphatic heterocycles. The van der Waals surface area contributed by atoms with Gasteiger partial charge >= 0.3 is 6.18 Å². The number of alkyl halides is 5. The number of amides is 1. The monoisotopic (exact) mass is 530 g/mol. The predicted molar refractivity (Wildman–Crippen MR) is 120 cm³/mol. The van der Waals surface area contributed by atoms with Crippen LogP contribution >= 0.6 is 0 Å². The maximum Gasteiger partial charge on any atom is 0.411 e. The largest absolute Gasteiger partial charge is 0.491 e. The van der Waals surface area contributed by atoms with Gasteiger partial charge in [-0.3, -0.25) is 9.69 Å². The molecule has 8 nitrogen and oxygen atoms in total. The number of rotatable bonds is 7. The molecule has 1 amide bonds. The summed E-state index contributed by atoms with van der Waals surface area (Å²) in [6.07, 6.45) is -3.77. The third-order valence-corrected chi connectivity index (χ3v) is 6.54. The van der Waals surface area contributed by atoms with Crippen LogP contribution in [0.4, 0.5) is 22.0 Å². The van der Waals surface area contributed by atoms with Crippen LogP contribution in [0.25, 0.3) is 0 Å². The van der Waals surface area contributed by atoms with Gasteiger partial charge in [-0.05, 0) is 29.7 Å². The second-order valence-corrected chi connectivity index (χ2v) is 9.70. The first-order chi connectivity index (χ1) is 17.5. The summed E-state index contributed by atoms with van der Waals surface area (Å²) in [4.78, 5) is 14.6. The van der Waals surface area contributed by atoms with Gasteiger partial charge in [0, 0.05) is 38.5 Å². The summed E-state index contributed by atoms with van der Waals surface area (Å²) in [5, 5.41) is 7.19. The average Bonchev–Trinajstić information content (AvgIpc) is 3.40. The number of fused-ring (bicyclic) bond motifs is 2. The number of hydrogen-bond donors (Lipinski definition) is 1. The number of likely N-dealkylation sites (tertiary alicyclic amines) is 1. The zero-order valence-corrected chi connectivity index (χ0v) is 19.9. The SMILES string of the molecule is O=C(N[C@H]1COc2ccc(COCC(F)(F)F)cc2C1)c1cc2n(n1)CC[C@H](CN1CCC(F)(F)C1)O2. The fourth-order valence-corrected chi connectivity index (χ4v) is 4.82. The first kappa shape index (κ1) is 25.7. The minimum atomic E-state index is -4.39. The Balaban J connectivity index is 1.15. The zero-order valence-electron chi connectivity index (χ0n) is 19.9. The lowest BCUT2D eigenvalue weighted by Gasteiger charge is -2.28. The van der Waals surface area contributed by atoms with E-state index in [0.717, 1.165) is 5.56 Å². The number of ether oxygens (including phenoxy) is 3. The molecule has 202 valence electrons. The third kappa shape index (κ3) is 6.50. The van der Waals surface area contributed by atoms with Gasteiger partial charge in [0.1, 0.15) is 25.1 Å². The number of aromatic nitrogens is 2. The molecule has 1 N–H and O–H groups in total. The Labute approximate surface area is 209 Å². The van der Waals surface area contributed by atoms with E-state index < -0.39 is 24.6 Å². The molecule has 0 spiro atoms. The molecule has 0 bridgehead atoms. The van der Waals surface area contributed by atoms with Gasteiger partial charge in [-0.2, -0.15) is 18.3 Å². The summed E-state index contributed by atoms with van der Waals surface area (Å²) in [5.74, 6) is -2.05. The predicted octanol–water partition coefficient (Wildman–Crippen LogP) is 3.19. The van der Waals surface area contributed by atoms with Crippen LogP contribution in [0.15, 0.2) is 24.3 Å². The van der Waals surface area contributed by atoms with E-state index in [9.17, 15) is 26.7 Å². The van der Waals surface area contributed by atoms with Crippen LogP contribution in [0.5, 0.6) is 11.6 Å². The third-order valence-electron chi connectivity index (χ3n) is 6.54. The van der Waals surface area contributed by atoms with Crippen molar-refractivity contribution in [3.8, 4) is 11.6 Å². The van der Waals surface area contributed by atoms with E-state index in [1.54, 1.807) is 27.8 Å². The van der Waals surface area contributed by atoms with Crippen LogP contribution in [0.1, 0.15) is 34.5 Å². The number of carbonyl (C=O) groups excluding carboxylic acids is 1. The van der Waals surface area contributed by atoms with Gasteiger partial charge in [0.15, 0.2) is 5.69 Å². The Hall–Kier alpha value is -2.93. The van der Waals surface area contributed by atoms with Crippen LogP contribution in [-0.2, 0) is 24.3 Å². The average molecular weight is 530 g/mol. The molecule has 1 aromatic carbocycles. The maximum absolute atomic E-state index is 13.5. The van der Waals surface area contributed by atoms with E-state index in [1.807, 2.05) is 0 Å². The molecule has 1 saturated heterocycles. The number of aryl methyl sites for hydroxylation is 1. The first-order valence-electron chi connectivity index (χ1n) is 12.1. The normalized spacial score (nSPS) is 23.1. The molecule has 4 heterocycles. The number of nitrogens with one attached hydrogen (secondary N) is 1. The van der Waals surface area contributed by atoms with Crippen molar-refractivity contribution in [1.82, 2.24) is 20.0 Å². The maximum atomic E-state index is 13.5. The molecule has 0 radical (unpaired) electrons. The van der Waals surface area contributed by atoms with Gasteiger partial charge in [-0.1, -0.05) is 6.07 Å². The van der Waals surface area contributed by atoms with E-state index in [4.69, 9.17) is 14.2 Å². The molecule has 5 rings (SSSR count). The Morgan fingerprint density at radius 1 is 1.24 bits per heavy atom. The Morgan fingerprint density at radius 3 is 2.84 bits per heavy atom. The van der Waals surface area contributed by atoms with Crippen molar-refractivity contribution in [3.05, 3.63) is 41.1 Å². The molecule has 0 unspecified atom stereocenters. The highest BCUT2D eigenvalue weighted by Gasteiger charge is 2.39. The van der Waals surface area contributed by atoms with Crippen LogP contribution in [-0.4, -0.2) is 77.7 Å². The molecule has 37 heavy (non-hydrogen) atoms. The van der Waals surface area contributed by atoms with Gasteiger partial charge in [0.2, 0.25) is 5.88 Å². The first-order valence-corrected chi connectivity index (χ1v) is 12.1. The van der Waals surface area contributed by atoms with Crippen LogP contribution in [0, 0.1) is 0 Å². The van der Waals surface area contributed by atoms with Crippen molar-refractivity contribution in [1.29, 1.82) is 0 Å². The van der Waals surface area contributed by atoms with Crippen LogP contribution in [0.2, 0.25) is 0 Å². The molecule has 2 atom stereocenters. The van der Waals surface area contributed by atoms with Crippen molar-refractivity contribution < 1.29 is 41.0 Å². The van der Waals surface area contributed by atoms with Gasteiger partial charge in [-0.25, -0.2) is 13.5 Å². The fourth-order valence-electron chi connectivity index (χ4n) is 4.82.